The third kappa shape index (κ3) is 4.73. The highest BCUT2D eigenvalue weighted by Crippen LogP contribution is 2.36. The van der Waals surface area contributed by atoms with Crippen molar-refractivity contribution in [3.8, 4) is 6.07 Å². The van der Waals surface area contributed by atoms with E-state index in [9.17, 15) is 10.1 Å². The van der Waals surface area contributed by atoms with E-state index in [4.69, 9.17) is 16.3 Å². The van der Waals surface area contributed by atoms with Gasteiger partial charge in [-0.3, -0.25) is 10.00 Å². The van der Waals surface area contributed by atoms with E-state index in [1.54, 1.807) is 12.3 Å². The number of benzene rings is 2. The molecule has 3 rings (SSSR count). The summed E-state index contributed by atoms with van der Waals surface area (Å²) in [6.07, 6.45) is 5.14. The van der Waals surface area contributed by atoms with Crippen LogP contribution in [-0.4, -0.2) is 21.5 Å². The van der Waals surface area contributed by atoms with Gasteiger partial charge in [-0.25, -0.2) is 4.79 Å². The molecule has 1 atom stereocenters. The van der Waals surface area contributed by atoms with Crippen molar-refractivity contribution in [3.05, 3.63) is 71.4 Å². The Kier molecular flexibility index (Phi) is 6.37. The van der Waals surface area contributed by atoms with Gasteiger partial charge >= 0.3 is 6.09 Å². The predicted octanol–water partition coefficient (Wildman–Crippen LogP) is 6.27. The number of amides is 1. The van der Waals surface area contributed by atoms with Crippen LogP contribution in [0, 0.1) is 11.3 Å². The summed E-state index contributed by atoms with van der Waals surface area (Å²) in [7, 11) is 0. The molecule has 3 aromatic rings. The Hall–Kier alpha value is -3.30. The second-order valence-corrected chi connectivity index (χ2v) is 8.61. The molecule has 7 heteroatoms. The molecule has 1 amide bonds. The Morgan fingerprint density at radius 3 is 2.58 bits per heavy atom. The van der Waals surface area contributed by atoms with Gasteiger partial charge in [-0.2, -0.15) is 10.4 Å². The predicted molar refractivity (Wildman–Crippen MR) is 123 cm³/mol. The third-order valence-electron chi connectivity index (χ3n) is 4.94. The summed E-state index contributed by atoms with van der Waals surface area (Å²) in [6, 6.07) is 15.2. The van der Waals surface area contributed by atoms with Crippen molar-refractivity contribution in [2.45, 2.75) is 45.3 Å². The van der Waals surface area contributed by atoms with Crippen molar-refractivity contribution in [2.75, 3.05) is 5.32 Å². The smallest absolute Gasteiger partial charge is 0.412 e. The van der Waals surface area contributed by atoms with Crippen LogP contribution >= 0.6 is 11.6 Å². The Labute approximate surface area is 187 Å². The summed E-state index contributed by atoms with van der Waals surface area (Å²) >= 11 is 6.10. The lowest BCUT2D eigenvalue weighted by Crippen LogP contribution is -2.33. The molecule has 0 spiro atoms. The number of rotatable bonds is 5. The number of carbonyl (C=O) groups excluding carboxylic acids is 1. The molecule has 1 heterocycles. The molecule has 0 bridgehead atoms. The molecule has 1 N–H and O–H groups in total. The fourth-order valence-corrected chi connectivity index (χ4v) is 3.69. The fourth-order valence-electron chi connectivity index (χ4n) is 3.57. The number of nitrogens with one attached hydrogen (secondary N) is 1. The second-order valence-electron chi connectivity index (χ2n) is 8.17. The van der Waals surface area contributed by atoms with Crippen molar-refractivity contribution in [1.29, 1.82) is 5.26 Å². The van der Waals surface area contributed by atoms with E-state index in [1.165, 1.54) is 6.08 Å². The Balaban J connectivity index is 2.13. The normalized spacial score (nSPS) is 13.7. The maximum atomic E-state index is 12.3. The summed E-state index contributed by atoms with van der Waals surface area (Å²) in [5.74, 6) is 0. The molecule has 31 heavy (non-hydrogen) atoms. The van der Waals surface area contributed by atoms with Crippen LogP contribution in [0.25, 0.3) is 10.9 Å². The third-order valence-corrected chi connectivity index (χ3v) is 5.20. The standard InChI is InChI=1S/C24H25ClN4O2/c1-5-24(14-7-15-26,17-10-12-18(25)13-11-17)29-21-9-6-8-20(19(21)16-27-29)28-22(30)31-23(2,3)4/h6-14,16H,5H2,1-4H3,(H,28,30). The zero-order valence-corrected chi connectivity index (χ0v) is 18.8. The quantitative estimate of drug-likeness (QED) is 0.478. The highest BCUT2D eigenvalue weighted by atomic mass is 35.5. The summed E-state index contributed by atoms with van der Waals surface area (Å²) in [6.45, 7) is 7.48. The minimum absolute atomic E-state index is 0.531. The van der Waals surface area contributed by atoms with Crippen LogP contribution in [0.1, 0.15) is 39.7 Å². The van der Waals surface area contributed by atoms with Crippen LogP contribution in [0.2, 0.25) is 5.02 Å². The molecule has 160 valence electrons. The SMILES string of the molecule is CCC(C=CC#N)(c1ccc(Cl)cc1)n1ncc2c(NC(=O)OC(C)(C)C)cccc21. The maximum Gasteiger partial charge on any atom is 0.412 e. The van der Waals surface area contributed by atoms with Gasteiger partial charge in [0, 0.05) is 16.5 Å². The average molecular weight is 437 g/mol. The van der Waals surface area contributed by atoms with Gasteiger partial charge in [0.1, 0.15) is 11.1 Å². The number of nitriles is 1. The molecule has 0 saturated heterocycles. The summed E-state index contributed by atoms with van der Waals surface area (Å²) in [4.78, 5) is 12.3. The largest absolute Gasteiger partial charge is 0.444 e. The molecule has 0 aliphatic heterocycles. The first-order valence-electron chi connectivity index (χ1n) is 10.0. The summed E-state index contributed by atoms with van der Waals surface area (Å²) in [5, 5.41) is 18.1. The number of halogens is 1. The number of fused-ring (bicyclic) bond motifs is 1. The van der Waals surface area contributed by atoms with Crippen LogP contribution in [0.3, 0.4) is 0 Å². The molecule has 0 fully saturated rings. The lowest BCUT2D eigenvalue weighted by Gasteiger charge is -2.31. The molecule has 0 saturated carbocycles. The first kappa shape index (κ1) is 22.4. The van der Waals surface area contributed by atoms with Gasteiger partial charge in [0.25, 0.3) is 0 Å². The number of hydrogen-bond acceptors (Lipinski definition) is 4. The Bertz CT molecular complexity index is 1150. The van der Waals surface area contributed by atoms with E-state index in [2.05, 4.69) is 16.5 Å². The molecule has 1 unspecified atom stereocenters. The van der Waals surface area contributed by atoms with E-state index >= 15 is 0 Å². The monoisotopic (exact) mass is 436 g/mol. The minimum Gasteiger partial charge on any atom is -0.444 e. The van der Waals surface area contributed by atoms with Gasteiger partial charge in [0.2, 0.25) is 0 Å². The number of nitrogens with zero attached hydrogens (tertiary/aromatic N) is 3. The Morgan fingerprint density at radius 2 is 1.97 bits per heavy atom. The number of anilines is 1. The Morgan fingerprint density at radius 1 is 1.26 bits per heavy atom. The lowest BCUT2D eigenvalue weighted by molar-refractivity contribution is 0.0636. The van der Waals surface area contributed by atoms with Gasteiger partial charge < -0.3 is 4.74 Å². The molecule has 6 nitrogen and oxygen atoms in total. The number of allylic oxidation sites excluding steroid dienone is 2. The summed E-state index contributed by atoms with van der Waals surface area (Å²) < 4.78 is 7.26. The van der Waals surface area contributed by atoms with Gasteiger partial charge in [-0.05, 0) is 63.1 Å². The van der Waals surface area contributed by atoms with Crippen molar-refractivity contribution in [2.24, 2.45) is 0 Å². The molecule has 0 aliphatic carbocycles. The van der Waals surface area contributed by atoms with Crippen molar-refractivity contribution < 1.29 is 9.53 Å². The number of ether oxygens (including phenoxy) is 1. The van der Waals surface area contributed by atoms with Crippen molar-refractivity contribution >= 4 is 34.3 Å². The number of hydrogen-bond donors (Lipinski definition) is 1. The van der Waals surface area contributed by atoms with Gasteiger partial charge in [-0.15, -0.1) is 0 Å². The van der Waals surface area contributed by atoms with Crippen molar-refractivity contribution in [1.82, 2.24) is 9.78 Å². The van der Waals surface area contributed by atoms with Crippen LogP contribution < -0.4 is 5.32 Å². The van der Waals surface area contributed by atoms with Crippen LogP contribution in [0.5, 0.6) is 0 Å². The van der Waals surface area contributed by atoms with Crippen LogP contribution in [0.4, 0.5) is 10.5 Å². The molecule has 0 radical (unpaired) electrons. The molecular formula is C24H25ClN4O2. The molecular weight excluding hydrogens is 412 g/mol. The zero-order chi connectivity index (χ0) is 22.6. The van der Waals surface area contributed by atoms with E-state index in [1.807, 2.05) is 74.9 Å². The van der Waals surface area contributed by atoms with E-state index in [-0.39, 0.29) is 0 Å². The van der Waals surface area contributed by atoms with E-state index in [0.29, 0.717) is 17.1 Å². The highest BCUT2D eigenvalue weighted by molar-refractivity contribution is 6.30. The molecule has 2 aromatic carbocycles. The number of aromatic nitrogens is 2. The van der Waals surface area contributed by atoms with E-state index < -0.39 is 17.2 Å². The first-order chi connectivity index (χ1) is 14.7. The van der Waals surface area contributed by atoms with Gasteiger partial charge in [-0.1, -0.05) is 36.7 Å². The molecule has 0 aliphatic rings. The first-order valence-corrected chi connectivity index (χ1v) is 10.4. The van der Waals surface area contributed by atoms with Gasteiger partial charge in [0.15, 0.2) is 0 Å². The molecule has 1 aromatic heterocycles. The summed E-state index contributed by atoms with van der Waals surface area (Å²) in [5.41, 5.74) is 1.06. The van der Waals surface area contributed by atoms with Crippen LogP contribution in [-0.2, 0) is 10.3 Å². The minimum atomic E-state index is -0.702. The van der Waals surface area contributed by atoms with E-state index in [0.717, 1.165) is 16.5 Å². The fraction of sp³-hybridized carbons (Fsp3) is 0.292. The van der Waals surface area contributed by atoms with Gasteiger partial charge in [0.05, 0.1) is 23.5 Å². The highest BCUT2D eigenvalue weighted by Gasteiger charge is 2.32. The maximum absolute atomic E-state index is 12.3. The topological polar surface area (TPSA) is 79.9 Å². The average Bonchev–Trinajstić information content (AvgIpc) is 3.14. The van der Waals surface area contributed by atoms with Crippen LogP contribution in [0.15, 0.2) is 60.8 Å². The second kappa shape index (κ2) is 8.83. The lowest BCUT2D eigenvalue weighted by atomic mass is 9.86. The zero-order valence-electron chi connectivity index (χ0n) is 18.0. The number of carbonyl (C=O) groups is 1. The van der Waals surface area contributed by atoms with Crippen molar-refractivity contribution in [3.63, 3.8) is 0 Å².